The number of carbonyl (C=O) groups is 3. The fraction of sp³-hybridized carbons (Fsp3) is 0.800. The molecule has 3 rings (SSSR count). The first-order valence-electron chi connectivity index (χ1n) is 12.5. The summed E-state index contributed by atoms with van der Waals surface area (Å²) >= 11 is 1.68. The Morgan fingerprint density at radius 3 is 2.70 bits per heavy atom. The van der Waals surface area contributed by atoms with Crippen molar-refractivity contribution in [1.82, 2.24) is 9.80 Å². The average molecular weight is 481 g/mol. The smallest absolute Gasteiger partial charge is 0.310 e. The maximum Gasteiger partial charge on any atom is 0.310 e. The monoisotopic (exact) mass is 480 g/mol. The lowest BCUT2D eigenvalue weighted by atomic mass is 9.66. The van der Waals surface area contributed by atoms with Crippen LogP contribution in [-0.2, 0) is 19.1 Å². The maximum atomic E-state index is 14.1. The fourth-order valence-electron chi connectivity index (χ4n) is 6.11. The van der Waals surface area contributed by atoms with Gasteiger partial charge in [0.25, 0.3) is 0 Å². The van der Waals surface area contributed by atoms with Gasteiger partial charge in [-0.15, -0.1) is 18.3 Å². The molecule has 1 N–H and O–H groups in total. The molecule has 3 aliphatic heterocycles. The third kappa shape index (κ3) is 4.57. The Morgan fingerprint density at radius 1 is 1.30 bits per heavy atom. The highest BCUT2D eigenvalue weighted by molar-refractivity contribution is 8.02. The van der Waals surface area contributed by atoms with Crippen LogP contribution < -0.4 is 0 Å². The van der Waals surface area contributed by atoms with Crippen molar-refractivity contribution in [3.05, 3.63) is 12.7 Å². The Kier molecular flexibility index (Phi) is 8.89. The van der Waals surface area contributed by atoms with Crippen molar-refractivity contribution < 1.29 is 24.2 Å². The molecule has 33 heavy (non-hydrogen) atoms. The number of unbranched alkanes of at least 4 members (excludes halogenated alkanes) is 3. The number of hydrogen-bond acceptors (Lipinski definition) is 6. The molecule has 3 heterocycles. The largest absolute Gasteiger partial charge is 0.466 e. The summed E-state index contributed by atoms with van der Waals surface area (Å²) in [4.78, 5) is 44.4. The van der Waals surface area contributed by atoms with E-state index in [1.54, 1.807) is 29.7 Å². The molecule has 1 spiro atoms. The van der Waals surface area contributed by atoms with Gasteiger partial charge in [-0.2, -0.15) is 0 Å². The molecule has 0 radical (unpaired) electrons. The number of rotatable bonds is 13. The van der Waals surface area contributed by atoms with Crippen molar-refractivity contribution in [1.29, 1.82) is 0 Å². The van der Waals surface area contributed by atoms with Crippen LogP contribution in [-0.4, -0.2) is 81.6 Å². The first kappa shape index (κ1) is 26.1. The summed E-state index contributed by atoms with van der Waals surface area (Å²) in [5.41, 5.74) is 0. The highest BCUT2D eigenvalue weighted by atomic mass is 32.2. The molecule has 2 amide bonds. The van der Waals surface area contributed by atoms with Gasteiger partial charge in [0, 0.05) is 31.5 Å². The first-order valence-corrected chi connectivity index (χ1v) is 13.4. The molecule has 0 aromatic carbocycles. The van der Waals surface area contributed by atoms with Crippen molar-refractivity contribution in [3.8, 4) is 0 Å². The van der Waals surface area contributed by atoms with Crippen LogP contribution in [0.1, 0.15) is 59.3 Å². The predicted octanol–water partition coefficient (Wildman–Crippen LogP) is 2.86. The van der Waals surface area contributed by atoms with E-state index < -0.39 is 22.6 Å². The normalized spacial score (nSPS) is 32.2. The van der Waals surface area contributed by atoms with Gasteiger partial charge in [0.2, 0.25) is 11.8 Å². The van der Waals surface area contributed by atoms with Crippen molar-refractivity contribution in [2.24, 2.45) is 17.8 Å². The highest BCUT2D eigenvalue weighted by Crippen LogP contribution is 2.68. The molecule has 0 aliphatic carbocycles. The Bertz CT molecular complexity index is 746. The van der Waals surface area contributed by atoms with Crippen LogP contribution in [0.15, 0.2) is 12.7 Å². The zero-order valence-electron chi connectivity index (χ0n) is 20.3. The minimum absolute atomic E-state index is 0.0100. The second-order valence-corrected chi connectivity index (χ2v) is 11.1. The van der Waals surface area contributed by atoms with E-state index in [4.69, 9.17) is 4.74 Å². The number of thioether (sulfide) groups is 1. The number of aliphatic hydroxyl groups is 1. The SMILES string of the molecule is C=CCN(CCCCC)C(=O)C1N(CCCCO)C(=O)[C@@H]2[C@H](C(=O)OCC)[C@@H]3CC(C)C12S3. The third-order valence-electron chi connectivity index (χ3n) is 7.54. The second-order valence-electron chi connectivity index (χ2n) is 9.55. The van der Waals surface area contributed by atoms with Crippen LogP contribution in [0.2, 0.25) is 0 Å². The molecule has 7 nitrogen and oxygen atoms in total. The van der Waals surface area contributed by atoms with E-state index in [0.29, 0.717) is 32.5 Å². The van der Waals surface area contributed by atoms with Crippen LogP contribution >= 0.6 is 11.8 Å². The van der Waals surface area contributed by atoms with Crippen LogP contribution in [0, 0.1) is 17.8 Å². The molecule has 3 unspecified atom stereocenters. The minimum atomic E-state index is -0.611. The second kappa shape index (κ2) is 11.3. The number of likely N-dealkylation sites (tertiary alicyclic amines) is 1. The Labute approximate surface area is 202 Å². The van der Waals surface area contributed by atoms with Gasteiger partial charge in [-0.1, -0.05) is 32.8 Å². The van der Waals surface area contributed by atoms with E-state index in [9.17, 15) is 19.5 Å². The lowest BCUT2D eigenvalue weighted by molar-refractivity contribution is -0.154. The fourth-order valence-corrected chi connectivity index (χ4v) is 8.52. The van der Waals surface area contributed by atoms with Gasteiger partial charge in [0.15, 0.2) is 0 Å². The van der Waals surface area contributed by atoms with E-state index in [1.165, 1.54) is 0 Å². The van der Waals surface area contributed by atoms with Gasteiger partial charge in [-0.05, 0) is 38.5 Å². The van der Waals surface area contributed by atoms with Crippen LogP contribution in [0.4, 0.5) is 0 Å². The van der Waals surface area contributed by atoms with Gasteiger partial charge in [-0.25, -0.2) is 0 Å². The van der Waals surface area contributed by atoms with E-state index in [2.05, 4.69) is 20.4 Å². The number of hydrogen-bond donors (Lipinski definition) is 1. The topological polar surface area (TPSA) is 87.2 Å². The molecule has 0 aromatic rings. The zero-order chi connectivity index (χ0) is 24.2. The summed E-state index contributed by atoms with van der Waals surface area (Å²) < 4.78 is 4.77. The number of aliphatic hydroxyl groups excluding tert-OH is 1. The van der Waals surface area contributed by atoms with Gasteiger partial charge < -0.3 is 19.6 Å². The Balaban J connectivity index is 1.99. The van der Waals surface area contributed by atoms with E-state index in [-0.39, 0.29) is 42.2 Å². The third-order valence-corrected chi connectivity index (χ3v) is 9.61. The molecule has 0 aromatic heterocycles. The molecule has 2 bridgehead atoms. The van der Waals surface area contributed by atoms with Crippen molar-refractivity contribution >= 4 is 29.5 Å². The number of nitrogens with zero attached hydrogens (tertiary/aromatic N) is 2. The predicted molar refractivity (Wildman–Crippen MR) is 130 cm³/mol. The molecule has 186 valence electrons. The van der Waals surface area contributed by atoms with Crippen LogP contribution in [0.5, 0.6) is 0 Å². The average Bonchev–Trinajstić information content (AvgIpc) is 3.37. The molecular weight excluding hydrogens is 440 g/mol. The number of fused-ring (bicyclic) bond motifs is 1. The van der Waals surface area contributed by atoms with E-state index in [1.807, 2.05) is 4.90 Å². The van der Waals surface area contributed by atoms with Crippen LogP contribution in [0.3, 0.4) is 0 Å². The lowest BCUT2D eigenvalue weighted by Crippen LogP contribution is -2.57. The quantitative estimate of drug-likeness (QED) is 0.248. The summed E-state index contributed by atoms with van der Waals surface area (Å²) in [6.07, 6.45) is 6.76. The molecular formula is C25H40N2O5S. The van der Waals surface area contributed by atoms with Crippen LogP contribution in [0.25, 0.3) is 0 Å². The van der Waals surface area contributed by atoms with Gasteiger partial charge in [0.05, 0.1) is 23.2 Å². The summed E-state index contributed by atoms with van der Waals surface area (Å²) in [6.45, 7) is 11.7. The van der Waals surface area contributed by atoms with E-state index in [0.717, 1.165) is 25.7 Å². The number of carbonyl (C=O) groups excluding carboxylic acids is 3. The number of ether oxygens (including phenoxy) is 1. The van der Waals surface area contributed by atoms with Crippen molar-refractivity contribution in [2.45, 2.75) is 75.3 Å². The molecule has 3 fully saturated rings. The number of esters is 1. The Morgan fingerprint density at radius 2 is 2.06 bits per heavy atom. The molecule has 8 heteroatoms. The maximum absolute atomic E-state index is 14.1. The van der Waals surface area contributed by atoms with E-state index >= 15 is 0 Å². The molecule has 3 aliphatic rings. The highest BCUT2D eigenvalue weighted by Gasteiger charge is 2.76. The summed E-state index contributed by atoms with van der Waals surface area (Å²) in [6, 6.07) is -0.598. The van der Waals surface area contributed by atoms with Crippen molar-refractivity contribution in [3.63, 3.8) is 0 Å². The molecule has 6 atom stereocenters. The minimum Gasteiger partial charge on any atom is -0.466 e. The first-order chi connectivity index (χ1) is 15.9. The zero-order valence-corrected chi connectivity index (χ0v) is 21.1. The number of amides is 2. The summed E-state index contributed by atoms with van der Waals surface area (Å²) in [5, 5.41) is 9.30. The lowest BCUT2D eigenvalue weighted by Gasteiger charge is -2.40. The molecule has 0 saturated carbocycles. The summed E-state index contributed by atoms with van der Waals surface area (Å²) in [7, 11) is 0. The standard InChI is InChI=1S/C25H40N2O5S/c1-5-8-9-13-26(12-6-2)23(30)21-25-17(4)16-18(33-25)19(24(31)32-7-3)20(25)22(29)27(21)14-10-11-15-28/h6,17-21,28H,2,5,7-16H2,1,3-4H3/t17?,18-,19+,20-,21?,25?/m0/s1. The summed E-state index contributed by atoms with van der Waals surface area (Å²) in [5.74, 6) is -1.32. The molecule has 3 saturated heterocycles. The van der Waals surface area contributed by atoms with Gasteiger partial charge >= 0.3 is 5.97 Å². The van der Waals surface area contributed by atoms with Gasteiger partial charge in [-0.3, -0.25) is 14.4 Å². The van der Waals surface area contributed by atoms with Crippen molar-refractivity contribution in [2.75, 3.05) is 32.8 Å². The Hall–Kier alpha value is -1.54. The van der Waals surface area contributed by atoms with Gasteiger partial charge in [0.1, 0.15) is 6.04 Å².